The van der Waals surface area contributed by atoms with Gasteiger partial charge in [0, 0.05) is 38.3 Å². The number of ether oxygens (including phenoxy) is 1. The van der Waals surface area contributed by atoms with Crippen LogP contribution in [0, 0.1) is 0 Å². The fourth-order valence-electron chi connectivity index (χ4n) is 1.92. The van der Waals surface area contributed by atoms with Crippen molar-refractivity contribution in [2.75, 3.05) is 20.8 Å². The van der Waals surface area contributed by atoms with Crippen LogP contribution in [-0.4, -0.2) is 55.8 Å². The fourth-order valence-corrected chi connectivity index (χ4v) is 3.36. The van der Waals surface area contributed by atoms with Crippen molar-refractivity contribution in [1.82, 2.24) is 19.8 Å². The summed E-state index contributed by atoms with van der Waals surface area (Å²) in [5.41, 5.74) is 0.674. The Kier molecular flexibility index (Phi) is 4.79. The van der Waals surface area contributed by atoms with E-state index in [0.29, 0.717) is 24.8 Å². The summed E-state index contributed by atoms with van der Waals surface area (Å²) in [7, 11) is -0.473. The van der Waals surface area contributed by atoms with Crippen LogP contribution in [0.2, 0.25) is 0 Å². The number of hydrogen-bond acceptors (Lipinski definition) is 5. The molecule has 0 radical (unpaired) electrons. The average molecular weight is 302 g/mol. The Labute approximate surface area is 119 Å². The van der Waals surface area contributed by atoms with Gasteiger partial charge in [-0.3, -0.25) is 5.10 Å². The third-order valence-corrected chi connectivity index (χ3v) is 5.49. The quantitative estimate of drug-likeness (QED) is 0.722. The van der Waals surface area contributed by atoms with Crippen LogP contribution in [0.15, 0.2) is 11.2 Å². The Bertz CT molecular complexity index is 539. The number of methoxy groups -OCH3 is 1. The third kappa shape index (κ3) is 3.38. The number of nitrogens with one attached hydrogen (secondary N) is 2. The molecule has 8 heteroatoms. The summed E-state index contributed by atoms with van der Waals surface area (Å²) in [5, 5.41) is 9.94. The largest absolute Gasteiger partial charge is 0.383 e. The molecule has 1 atom stereocenters. The van der Waals surface area contributed by atoms with Crippen LogP contribution in [0.3, 0.4) is 0 Å². The van der Waals surface area contributed by atoms with E-state index in [-0.39, 0.29) is 11.1 Å². The zero-order valence-electron chi connectivity index (χ0n) is 12.1. The van der Waals surface area contributed by atoms with Gasteiger partial charge in [0.1, 0.15) is 0 Å². The van der Waals surface area contributed by atoms with Crippen molar-refractivity contribution < 1.29 is 13.2 Å². The van der Waals surface area contributed by atoms with Gasteiger partial charge in [0.05, 0.1) is 12.8 Å². The predicted molar refractivity (Wildman–Crippen MR) is 74.7 cm³/mol. The van der Waals surface area contributed by atoms with E-state index < -0.39 is 10.0 Å². The highest BCUT2D eigenvalue weighted by molar-refractivity contribution is 7.89. The molecule has 0 aromatic carbocycles. The van der Waals surface area contributed by atoms with E-state index in [4.69, 9.17) is 4.74 Å². The van der Waals surface area contributed by atoms with Gasteiger partial charge >= 0.3 is 0 Å². The topological polar surface area (TPSA) is 87.3 Å². The van der Waals surface area contributed by atoms with Crippen molar-refractivity contribution in [2.24, 2.45) is 0 Å². The van der Waals surface area contributed by atoms with Gasteiger partial charge in [0.2, 0.25) is 0 Å². The summed E-state index contributed by atoms with van der Waals surface area (Å²) in [6, 6.07) is 0.281. The van der Waals surface area contributed by atoms with E-state index in [1.165, 1.54) is 4.31 Å². The number of aromatic amines is 1. The number of sulfonamides is 1. The first kappa shape index (κ1) is 15.4. The summed E-state index contributed by atoms with van der Waals surface area (Å²) in [4.78, 5) is 0. The monoisotopic (exact) mass is 302 g/mol. The van der Waals surface area contributed by atoms with Gasteiger partial charge in [-0.2, -0.15) is 9.40 Å². The third-order valence-electron chi connectivity index (χ3n) is 3.50. The molecule has 1 aromatic rings. The van der Waals surface area contributed by atoms with E-state index in [0.717, 1.165) is 12.8 Å². The Morgan fingerprint density at radius 1 is 1.60 bits per heavy atom. The van der Waals surface area contributed by atoms with E-state index in [1.54, 1.807) is 27.3 Å². The molecule has 1 aliphatic carbocycles. The number of likely N-dealkylation sites (N-methyl/N-ethyl adjacent to an activating group) is 1. The standard InChI is InChI=1S/C12H22N4O3S/c1-9(8-19-3)16(2)20(17,18)12-10(7-14-15-12)6-13-11-4-5-11/h7,9,11,13H,4-6,8H2,1-3H3,(H,14,15). The van der Waals surface area contributed by atoms with Crippen molar-refractivity contribution >= 4 is 10.0 Å². The highest BCUT2D eigenvalue weighted by Crippen LogP contribution is 2.22. The zero-order valence-corrected chi connectivity index (χ0v) is 12.9. The van der Waals surface area contributed by atoms with Gasteiger partial charge in [-0.25, -0.2) is 8.42 Å². The maximum Gasteiger partial charge on any atom is 0.260 e. The first-order chi connectivity index (χ1) is 9.46. The molecule has 1 fully saturated rings. The fraction of sp³-hybridized carbons (Fsp3) is 0.750. The number of aromatic nitrogens is 2. The van der Waals surface area contributed by atoms with Crippen molar-refractivity contribution in [2.45, 2.75) is 43.4 Å². The molecule has 1 unspecified atom stereocenters. The molecule has 0 amide bonds. The normalized spacial score (nSPS) is 17.6. The van der Waals surface area contributed by atoms with Crippen molar-refractivity contribution in [3.63, 3.8) is 0 Å². The van der Waals surface area contributed by atoms with Crippen LogP contribution in [-0.2, 0) is 21.3 Å². The maximum absolute atomic E-state index is 12.6. The second-order valence-electron chi connectivity index (χ2n) is 5.21. The molecule has 1 aliphatic rings. The molecule has 2 rings (SSSR count). The molecule has 114 valence electrons. The minimum Gasteiger partial charge on any atom is -0.383 e. The van der Waals surface area contributed by atoms with Gasteiger partial charge in [-0.05, 0) is 19.8 Å². The lowest BCUT2D eigenvalue weighted by Gasteiger charge is -2.23. The van der Waals surface area contributed by atoms with Crippen LogP contribution < -0.4 is 5.32 Å². The highest BCUT2D eigenvalue weighted by atomic mass is 32.2. The van der Waals surface area contributed by atoms with Crippen LogP contribution >= 0.6 is 0 Å². The number of rotatable bonds is 8. The summed E-state index contributed by atoms with van der Waals surface area (Å²) < 4.78 is 31.4. The minimum absolute atomic E-state index is 0.163. The Hall–Kier alpha value is -0.960. The molecular formula is C12H22N4O3S. The Morgan fingerprint density at radius 2 is 2.30 bits per heavy atom. The molecule has 0 spiro atoms. The van der Waals surface area contributed by atoms with Crippen LogP contribution in [0.25, 0.3) is 0 Å². The molecule has 20 heavy (non-hydrogen) atoms. The van der Waals surface area contributed by atoms with E-state index in [2.05, 4.69) is 15.5 Å². The molecule has 2 N–H and O–H groups in total. The average Bonchev–Trinajstić information content (AvgIpc) is 3.11. The van der Waals surface area contributed by atoms with Crippen molar-refractivity contribution in [1.29, 1.82) is 0 Å². The van der Waals surface area contributed by atoms with E-state index in [1.807, 2.05) is 0 Å². The number of nitrogens with zero attached hydrogens (tertiary/aromatic N) is 2. The van der Waals surface area contributed by atoms with E-state index >= 15 is 0 Å². The van der Waals surface area contributed by atoms with E-state index in [9.17, 15) is 8.42 Å². The molecular weight excluding hydrogens is 280 g/mol. The summed E-state index contributed by atoms with van der Waals surface area (Å²) >= 11 is 0. The van der Waals surface area contributed by atoms with Crippen molar-refractivity contribution in [3.8, 4) is 0 Å². The van der Waals surface area contributed by atoms with Crippen LogP contribution in [0.5, 0.6) is 0 Å². The van der Waals surface area contributed by atoms with Gasteiger partial charge in [-0.15, -0.1) is 0 Å². The van der Waals surface area contributed by atoms with Crippen molar-refractivity contribution in [3.05, 3.63) is 11.8 Å². The smallest absolute Gasteiger partial charge is 0.260 e. The second-order valence-corrected chi connectivity index (χ2v) is 7.14. The predicted octanol–water partition coefficient (Wildman–Crippen LogP) is 0.317. The van der Waals surface area contributed by atoms with Gasteiger partial charge in [0.15, 0.2) is 5.03 Å². The summed E-state index contributed by atoms with van der Waals surface area (Å²) in [6.07, 6.45) is 3.88. The lowest BCUT2D eigenvalue weighted by Crippen LogP contribution is -2.38. The minimum atomic E-state index is -3.58. The number of H-pyrrole nitrogens is 1. The molecule has 0 bridgehead atoms. The van der Waals surface area contributed by atoms with Gasteiger partial charge in [-0.1, -0.05) is 0 Å². The van der Waals surface area contributed by atoms with Gasteiger partial charge < -0.3 is 10.1 Å². The molecule has 1 heterocycles. The highest BCUT2D eigenvalue weighted by Gasteiger charge is 2.30. The molecule has 1 aromatic heterocycles. The van der Waals surface area contributed by atoms with Crippen LogP contribution in [0.4, 0.5) is 0 Å². The number of hydrogen-bond donors (Lipinski definition) is 2. The second kappa shape index (κ2) is 6.21. The summed E-state index contributed by atoms with van der Waals surface area (Å²) in [6.45, 7) is 2.67. The SMILES string of the molecule is COCC(C)N(C)S(=O)(=O)c1[nH]ncc1CNC1CC1. The van der Waals surface area contributed by atoms with Crippen LogP contribution in [0.1, 0.15) is 25.3 Å². The Balaban J connectivity index is 2.13. The Morgan fingerprint density at radius 3 is 2.90 bits per heavy atom. The first-order valence-electron chi connectivity index (χ1n) is 6.69. The molecule has 7 nitrogen and oxygen atoms in total. The molecule has 1 saturated carbocycles. The first-order valence-corrected chi connectivity index (χ1v) is 8.13. The lowest BCUT2D eigenvalue weighted by atomic mass is 10.3. The summed E-state index contributed by atoms with van der Waals surface area (Å²) in [5.74, 6) is 0. The maximum atomic E-state index is 12.6. The molecule has 0 aliphatic heterocycles. The zero-order chi connectivity index (χ0) is 14.8. The molecule has 0 saturated heterocycles. The lowest BCUT2D eigenvalue weighted by molar-refractivity contribution is 0.149. The van der Waals surface area contributed by atoms with Gasteiger partial charge in [0.25, 0.3) is 10.0 Å².